The van der Waals surface area contributed by atoms with Crippen molar-refractivity contribution in [1.29, 1.82) is 0 Å². The van der Waals surface area contributed by atoms with Gasteiger partial charge in [0.25, 0.3) is 0 Å². The van der Waals surface area contributed by atoms with Crippen molar-refractivity contribution >= 4 is 11.8 Å². The number of ether oxygens (including phenoxy) is 1. The number of rotatable bonds is 5. The first-order valence-electron chi connectivity index (χ1n) is 6.92. The maximum absolute atomic E-state index is 12.3. The third-order valence-electron chi connectivity index (χ3n) is 3.21. The minimum Gasteiger partial charge on any atom is -0.508 e. The van der Waals surface area contributed by atoms with Crippen molar-refractivity contribution in [2.75, 3.05) is 0 Å². The van der Waals surface area contributed by atoms with Crippen molar-refractivity contribution in [2.24, 2.45) is 0 Å². The molecule has 0 atom stereocenters. The van der Waals surface area contributed by atoms with Crippen molar-refractivity contribution in [3.8, 4) is 23.0 Å². The average molecular weight is 316 g/mol. The summed E-state index contributed by atoms with van der Waals surface area (Å²) in [5.41, 5.74) is 0.695. The van der Waals surface area contributed by atoms with Gasteiger partial charge in [-0.15, -0.1) is 0 Å². The summed E-state index contributed by atoms with van der Waals surface area (Å²) in [5, 5.41) is 28.4. The van der Waals surface area contributed by atoms with Crippen molar-refractivity contribution in [2.45, 2.75) is 19.8 Å². The maximum Gasteiger partial charge on any atom is 0.308 e. The molecule has 6 heteroatoms. The highest BCUT2D eigenvalue weighted by Crippen LogP contribution is 2.28. The molecule has 0 heterocycles. The van der Waals surface area contributed by atoms with E-state index >= 15 is 0 Å². The minimum atomic E-state index is -0.596. The van der Waals surface area contributed by atoms with Crippen LogP contribution in [0.4, 0.5) is 0 Å². The molecular weight excluding hydrogens is 300 g/mol. The number of phenolic OH excluding ortho intramolecular Hbond substituents is 3. The first kappa shape index (κ1) is 16.4. The van der Waals surface area contributed by atoms with Crippen LogP contribution in [0.1, 0.15) is 29.3 Å². The van der Waals surface area contributed by atoms with Gasteiger partial charge in [-0.1, -0.05) is 6.07 Å². The third-order valence-corrected chi connectivity index (χ3v) is 3.21. The van der Waals surface area contributed by atoms with Gasteiger partial charge in [0, 0.05) is 25.5 Å². The van der Waals surface area contributed by atoms with E-state index in [4.69, 9.17) is 4.74 Å². The molecule has 0 bridgehead atoms. The molecular formula is C17H16O6. The number of esters is 1. The van der Waals surface area contributed by atoms with E-state index in [1.54, 1.807) is 0 Å². The quantitative estimate of drug-likeness (QED) is 0.445. The van der Waals surface area contributed by atoms with Crippen LogP contribution in [-0.2, 0) is 11.2 Å². The smallest absolute Gasteiger partial charge is 0.308 e. The molecule has 2 aromatic rings. The van der Waals surface area contributed by atoms with E-state index in [2.05, 4.69) is 0 Å². The lowest BCUT2D eigenvalue weighted by Crippen LogP contribution is -2.08. The lowest BCUT2D eigenvalue weighted by atomic mass is 10.0. The average Bonchev–Trinajstić information content (AvgIpc) is 2.45. The normalized spacial score (nSPS) is 10.3. The van der Waals surface area contributed by atoms with Crippen molar-refractivity contribution < 1.29 is 29.6 Å². The number of phenols is 3. The van der Waals surface area contributed by atoms with E-state index < -0.39 is 5.97 Å². The zero-order valence-corrected chi connectivity index (χ0v) is 12.4. The molecule has 23 heavy (non-hydrogen) atoms. The van der Waals surface area contributed by atoms with Gasteiger partial charge in [-0.2, -0.15) is 0 Å². The molecule has 0 spiro atoms. The minimum absolute atomic E-state index is 0.00238. The van der Waals surface area contributed by atoms with E-state index in [1.165, 1.54) is 43.3 Å². The van der Waals surface area contributed by atoms with E-state index in [0.717, 1.165) is 0 Å². The van der Waals surface area contributed by atoms with Gasteiger partial charge in [-0.05, 0) is 30.2 Å². The molecule has 0 saturated carbocycles. The van der Waals surface area contributed by atoms with Gasteiger partial charge in [0.05, 0.1) is 5.56 Å². The molecule has 6 nitrogen and oxygen atoms in total. The summed E-state index contributed by atoms with van der Waals surface area (Å²) in [5.74, 6) is -1.17. The Balaban J connectivity index is 2.15. The van der Waals surface area contributed by atoms with Gasteiger partial charge in [-0.25, -0.2) is 0 Å². The fraction of sp³-hybridized carbons (Fsp3) is 0.176. The summed E-state index contributed by atoms with van der Waals surface area (Å²) in [4.78, 5) is 23.4. The SMILES string of the molecule is CC(=O)Oc1cc(O)ccc1C(=O)CCc1ccc(O)cc1O. The van der Waals surface area contributed by atoms with Crippen molar-refractivity contribution in [3.63, 3.8) is 0 Å². The zero-order chi connectivity index (χ0) is 17.0. The Morgan fingerprint density at radius 2 is 1.65 bits per heavy atom. The molecule has 2 rings (SSSR count). The molecule has 0 unspecified atom stereocenters. The van der Waals surface area contributed by atoms with E-state index in [-0.39, 0.29) is 47.2 Å². The Kier molecular flexibility index (Phi) is 4.85. The van der Waals surface area contributed by atoms with Crippen LogP contribution in [0.2, 0.25) is 0 Å². The fourth-order valence-electron chi connectivity index (χ4n) is 2.13. The van der Waals surface area contributed by atoms with Crippen LogP contribution in [-0.4, -0.2) is 27.1 Å². The van der Waals surface area contributed by atoms with Crippen LogP contribution in [0.15, 0.2) is 36.4 Å². The lowest BCUT2D eigenvalue weighted by Gasteiger charge is -2.09. The van der Waals surface area contributed by atoms with Crippen LogP contribution in [0.25, 0.3) is 0 Å². The molecule has 0 aliphatic rings. The van der Waals surface area contributed by atoms with Gasteiger partial charge in [0.15, 0.2) is 5.78 Å². The van der Waals surface area contributed by atoms with Gasteiger partial charge in [-0.3, -0.25) is 9.59 Å². The van der Waals surface area contributed by atoms with Crippen molar-refractivity contribution in [1.82, 2.24) is 0 Å². The molecule has 0 saturated heterocycles. The Labute approximate surface area is 132 Å². The standard InChI is InChI=1S/C17H16O6/c1-10(18)23-17-9-13(20)5-6-14(17)15(21)7-3-11-2-4-12(19)8-16(11)22/h2,4-6,8-9,19-20,22H,3,7H2,1H3. The second kappa shape index (κ2) is 6.83. The number of benzene rings is 2. The van der Waals surface area contributed by atoms with Crippen LogP contribution in [0.3, 0.4) is 0 Å². The third kappa shape index (κ3) is 4.23. The molecule has 0 aliphatic heterocycles. The molecule has 0 fully saturated rings. The molecule has 120 valence electrons. The second-order valence-electron chi connectivity index (χ2n) is 5.01. The van der Waals surface area contributed by atoms with E-state index in [1.807, 2.05) is 0 Å². The number of Topliss-reactive ketones (excluding diaryl/α,β-unsaturated/α-hetero) is 1. The lowest BCUT2D eigenvalue weighted by molar-refractivity contribution is -0.131. The van der Waals surface area contributed by atoms with E-state index in [0.29, 0.717) is 5.56 Å². The number of carbonyl (C=O) groups excluding carboxylic acids is 2. The summed E-state index contributed by atoms with van der Waals surface area (Å²) < 4.78 is 4.94. The van der Waals surface area contributed by atoms with E-state index in [9.17, 15) is 24.9 Å². The number of hydrogen-bond acceptors (Lipinski definition) is 6. The Bertz CT molecular complexity index is 751. The van der Waals surface area contributed by atoms with Crippen LogP contribution >= 0.6 is 0 Å². The first-order valence-corrected chi connectivity index (χ1v) is 6.92. The highest BCUT2D eigenvalue weighted by Gasteiger charge is 2.16. The van der Waals surface area contributed by atoms with Crippen LogP contribution < -0.4 is 4.74 Å². The monoisotopic (exact) mass is 316 g/mol. The topological polar surface area (TPSA) is 104 Å². The Morgan fingerprint density at radius 1 is 1.00 bits per heavy atom. The second-order valence-corrected chi connectivity index (χ2v) is 5.01. The summed E-state index contributed by atoms with van der Waals surface area (Å²) in [6, 6.07) is 8.06. The van der Waals surface area contributed by atoms with Gasteiger partial charge in [0.1, 0.15) is 23.0 Å². The summed E-state index contributed by atoms with van der Waals surface area (Å²) >= 11 is 0. The molecule has 2 aromatic carbocycles. The number of aryl methyl sites for hydroxylation is 1. The highest BCUT2D eigenvalue weighted by atomic mass is 16.5. The Hall–Kier alpha value is -3.02. The molecule has 0 aliphatic carbocycles. The molecule has 0 aromatic heterocycles. The fourth-order valence-corrected chi connectivity index (χ4v) is 2.13. The van der Waals surface area contributed by atoms with Gasteiger partial charge < -0.3 is 20.1 Å². The number of carbonyl (C=O) groups is 2. The Morgan fingerprint density at radius 3 is 2.30 bits per heavy atom. The molecule has 0 amide bonds. The van der Waals surface area contributed by atoms with Gasteiger partial charge >= 0.3 is 5.97 Å². The van der Waals surface area contributed by atoms with Crippen molar-refractivity contribution in [3.05, 3.63) is 47.5 Å². The summed E-state index contributed by atoms with van der Waals surface area (Å²) in [7, 11) is 0. The molecule has 0 radical (unpaired) electrons. The van der Waals surface area contributed by atoms with Crippen LogP contribution in [0, 0.1) is 0 Å². The largest absolute Gasteiger partial charge is 0.508 e. The molecule has 3 N–H and O–H groups in total. The van der Waals surface area contributed by atoms with Crippen LogP contribution in [0.5, 0.6) is 23.0 Å². The first-order chi connectivity index (χ1) is 10.9. The number of hydrogen-bond donors (Lipinski definition) is 3. The maximum atomic E-state index is 12.3. The number of ketones is 1. The summed E-state index contributed by atoms with van der Waals surface area (Å²) in [6.07, 6.45) is 0.322. The number of aromatic hydroxyl groups is 3. The zero-order valence-electron chi connectivity index (χ0n) is 12.4. The predicted octanol–water partition coefficient (Wildman–Crippen LogP) is 2.54. The predicted molar refractivity (Wildman–Crippen MR) is 81.8 cm³/mol. The summed E-state index contributed by atoms with van der Waals surface area (Å²) in [6.45, 7) is 1.20. The highest BCUT2D eigenvalue weighted by molar-refractivity contribution is 5.99. The van der Waals surface area contributed by atoms with Gasteiger partial charge in [0.2, 0.25) is 0 Å².